The van der Waals surface area contributed by atoms with Gasteiger partial charge in [0.15, 0.2) is 5.65 Å². The highest BCUT2D eigenvalue weighted by atomic mass is 19.1. The second-order valence-electron chi connectivity index (χ2n) is 8.11. The topological polar surface area (TPSA) is 63.1 Å². The van der Waals surface area contributed by atoms with Crippen molar-refractivity contribution in [3.05, 3.63) is 77.5 Å². The molecule has 2 aromatic heterocycles. The maximum Gasteiger partial charge on any atom is 0.293 e. The number of nitrogens with zero attached hydrogens (tertiary/aromatic N) is 4. The number of nitrogens with one attached hydrogen (secondary N) is 1. The van der Waals surface area contributed by atoms with Gasteiger partial charge in [0.25, 0.3) is 5.91 Å². The summed E-state index contributed by atoms with van der Waals surface area (Å²) in [6, 6.07) is 15.8. The number of carbonyl (C=O) groups is 1. The van der Waals surface area contributed by atoms with E-state index in [0.29, 0.717) is 11.3 Å². The van der Waals surface area contributed by atoms with E-state index in [-0.39, 0.29) is 5.82 Å². The molecule has 0 atom stereocenters. The van der Waals surface area contributed by atoms with Gasteiger partial charge in [-0.25, -0.2) is 14.4 Å². The monoisotopic (exact) mass is 429 g/mol. The number of anilines is 2. The predicted octanol–water partition coefficient (Wildman–Crippen LogP) is 5.03. The summed E-state index contributed by atoms with van der Waals surface area (Å²) >= 11 is 0. The number of aromatic nitrogens is 3. The van der Waals surface area contributed by atoms with E-state index in [1.165, 1.54) is 12.1 Å². The molecule has 0 saturated carbocycles. The fraction of sp³-hybridized carbons (Fsp3) is 0.240. The summed E-state index contributed by atoms with van der Waals surface area (Å²) in [5.74, 6) is -0.0271. The van der Waals surface area contributed by atoms with Crippen molar-refractivity contribution in [2.24, 2.45) is 0 Å². The Morgan fingerprint density at radius 1 is 1.00 bits per heavy atom. The third kappa shape index (κ3) is 3.49. The molecule has 6 nitrogen and oxygen atoms in total. The van der Waals surface area contributed by atoms with Crippen LogP contribution in [0.5, 0.6) is 0 Å². The number of carbonyl (C=O) groups excluding carboxylic acids is 1. The Morgan fingerprint density at radius 2 is 1.75 bits per heavy atom. The standard InChI is InChI=1S/C25H24FN5O/c1-16-17(2)31(20-11-4-3-5-12-20)24-21(16)23(30-13-6-7-14-30)28-22(29-24)25(32)27-19-10-8-9-18(26)15-19/h3-5,8-12,15H,6-7,13-14H2,1-2H3,(H,27,32). The van der Waals surface area contributed by atoms with Crippen molar-refractivity contribution >= 4 is 28.4 Å². The molecular weight excluding hydrogens is 405 g/mol. The lowest BCUT2D eigenvalue weighted by molar-refractivity contribution is 0.101. The van der Waals surface area contributed by atoms with E-state index in [4.69, 9.17) is 9.97 Å². The molecule has 0 unspecified atom stereocenters. The lowest BCUT2D eigenvalue weighted by atomic mass is 10.2. The van der Waals surface area contributed by atoms with Crippen LogP contribution in [-0.4, -0.2) is 33.5 Å². The van der Waals surface area contributed by atoms with Crippen LogP contribution in [0.1, 0.15) is 34.7 Å². The highest BCUT2D eigenvalue weighted by molar-refractivity contribution is 6.04. The number of hydrogen-bond acceptors (Lipinski definition) is 4. The molecule has 1 saturated heterocycles. The predicted molar refractivity (Wildman–Crippen MR) is 124 cm³/mol. The van der Waals surface area contributed by atoms with Crippen LogP contribution in [0.2, 0.25) is 0 Å². The average Bonchev–Trinajstić information content (AvgIpc) is 3.41. The first kappa shape index (κ1) is 20.2. The van der Waals surface area contributed by atoms with Crippen LogP contribution in [0.3, 0.4) is 0 Å². The molecule has 1 aliphatic heterocycles. The molecule has 0 spiro atoms. The van der Waals surface area contributed by atoms with Crippen molar-refractivity contribution in [3.63, 3.8) is 0 Å². The van der Waals surface area contributed by atoms with Crippen LogP contribution >= 0.6 is 0 Å². The molecule has 0 bridgehead atoms. The van der Waals surface area contributed by atoms with Crippen LogP contribution in [-0.2, 0) is 0 Å². The zero-order valence-corrected chi connectivity index (χ0v) is 18.1. The van der Waals surface area contributed by atoms with Gasteiger partial charge in [0, 0.05) is 30.2 Å². The summed E-state index contributed by atoms with van der Waals surface area (Å²) in [5, 5.41) is 3.70. The maximum absolute atomic E-state index is 13.6. The van der Waals surface area contributed by atoms with Gasteiger partial charge in [-0.15, -0.1) is 0 Å². The molecule has 1 amide bonds. The summed E-state index contributed by atoms with van der Waals surface area (Å²) in [7, 11) is 0. The third-order valence-corrected chi connectivity index (χ3v) is 6.04. The van der Waals surface area contributed by atoms with E-state index >= 15 is 0 Å². The average molecular weight is 429 g/mol. The zero-order chi connectivity index (χ0) is 22.2. The van der Waals surface area contributed by atoms with Gasteiger partial charge in [-0.2, -0.15) is 0 Å². The fourth-order valence-electron chi connectivity index (χ4n) is 4.35. The molecule has 0 aliphatic carbocycles. The number of rotatable bonds is 4. The second-order valence-corrected chi connectivity index (χ2v) is 8.11. The van der Waals surface area contributed by atoms with Crippen molar-refractivity contribution in [2.45, 2.75) is 26.7 Å². The van der Waals surface area contributed by atoms with Crippen LogP contribution in [0.15, 0.2) is 54.6 Å². The molecule has 3 heterocycles. The number of hydrogen-bond donors (Lipinski definition) is 1. The molecule has 2 aromatic carbocycles. The normalized spacial score (nSPS) is 13.7. The zero-order valence-electron chi connectivity index (χ0n) is 18.1. The smallest absolute Gasteiger partial charge is 0.293 e. The van der Waals surface area contributed by atoms with Gasteiger partial charge in [0.1, 0.15) is 11.6 Å². The Bertz CT molecular complexity index is 1310. The van der Waals surface area contributed by atoms with Crippen LogP contribution in [0, 0.1) is 19.7 Å². The van der Waals surface area contributed by atoms with Crippen LogP contribution in [0.4, 0.5) is 15.9 Å². The number of halogens is 1. The van der Waals surface area contributed by atoms with Crippen molar-refractivity contribution in [1.82, 2.24) is 14.5 Å². The van der Waals surface area contributed by atoms with Gasteiger partial charge in [-0.1, -0.05) is 24.3 Å². The van der Waals surface area contributed by atoms with Gasteiger partial charge in [0.05, 0.1) is 5.39 Å². The molecule has 32 heavy (non-hydrogen) atoms. The van der Waals surface area contributed by atoms with E-state index in [9.17, 15) is 9.18 Å². The van der Waals surface area contributed by atoms with E-state index in [1.54, 1.807) is 12.1 Å². The lowest BCUT2D eigenvalue weighted by Gasteiger charge is -2.19. The first-order valence-electron chi connectivity index (χ1n) is 10.8. The molecule has 0 radical (unpaired) electrons. The minimum Gasteiger partial charge on any atom is -0.356 e. The quantitative estimate of drug-likeness (QED) is 0.494. The second kappa shape index (κ2) is 8.07. The summed E-state index contributed by atoms with van der Waals surface area (Å²) in [4.78, 5) is 24.7. The first-order valence-corrected chi connectivity index (χ1v) is 10.8. The van der Waals surface area contributed by atoms with E-state index < -0.39 is 11.7 Å². The summed E-state index contributed by atoms with van der Waals surface area (Å²) in [6.07, 6.45) is 2.18. The number of benzene rings is 2. The van der Waals surface area contributed by atoms with E-state index in [0.717, 1.165) is 54.1 Å². The molecule has 1 fully saturated rings. The van der Waals surface area contributed by atoms with Crippen molar-refractivity contribution in [3.8, 4) is 5.69 Å². The van der Waals surface area contributed by atoms with Crippen LogP contribution in [0.25, 0.3) is 16.7 Å². The van der Waals surface area contributed by atoms with Crippen molar-refractivity contribution < 1.29 is 9.18 Å². The number of para-hydroxylation sites is 1. The highest BCUT2D eigenvalue weighted by Crippen LogP contribution is 2.35. The Morgan fingerprint density at radius 3 is 2.47 bits per heavy atom. The third-order valence-electron chi connectivity index (χ3n) is 6.04. The maximum atomic E-state index is 13.6. The molecule has 5 rings (SSSR count). The summed E-state index contributed by atoms with van der Waals surface area (Å²) < 4.78 is 15.7. The lowest BCUT2D eigenvalue weighted by Crippen LogP contribution is -2.23. The van der Waals surface area contributed by atoms with Crippen LogP contribution < -0.4 is 10.2 Å². The number of aryl methyl sites for hydroxylation is 1. The Balaban J connectivity index is 1.69. The van der Waals surface area contributed by atoms with E-state index in [1.807, 2.05) is 30.3 Å². The summed E-state index contributed by atoms with van der Waals surface area (Å²) in [6.45, 7) is 5.93. The molecule has 4 aromatic rings. The molecule has 7 heteroatoms. The van der Waals surface area contributed by atoms with Crippen molar-refractivity contribution in [2.75, 3.05) is 23.3 Å². The largest absolute Gasteiger partial charge is 0.356 e. The summed E-state index contributed by atoms with van der Waals surface area (Å²) in [5.41, 5.74) is 4.21. The van der Waals surface area contributed by atoms with Gasteiger partial charge in [-0.05, 0) is 62.6 Å². The SMILES string of the molecule is Cc1c(C)n(-c2ccccc2)c2nc(C(=O)Nc3cccc(F)c3)nc(N3CCCC3)c12. The Hall–Kier alpha value is -3.74. The highest BCUT2D eigenvalue weighted by Gasteiger charge is 2.26. The van der Waals surface area contributed by atoms with E-state index in [2.05, 4.69) is 28.6 Å². The Labute approximate surface area is 185 Å². The molecule has 1 aliphatic rings. The van der Waals surface area contributed by atoms with Crippen molar-refractivity contribution in [1.29, 1.82) is 0 Å². The van der Waals surface area contributed by atoms with Gasteiger partial charge < -0.3 is 10.2 Å². The Kier molecular flexibility index (Phi) is 5.09. The van der Waals surface area contributed by atoms with Gasteiger partial charge >= 0.3 is 0 Å². The van der Waals surface area contributed by atoms with Gasteiger partial charge in [0.2, 0.25) is 5.82 Å². The minimum atomic E-state index is -0.464. The molecular formula is C25H24FN5O. The van der Waals surface area contributed by atoms with Gasteiger partial charge in [-0.3, -0.25) is 9.36 Å². The number of amides is 1. The minimum absolute atomic E-state index is 0.0679. The first-order chi connectivity index (χ1) is 15.5. The molecule has 1 N–H and O–H groups in total. The fourth-order valence-corrected chi connectivity index (χ4v) is 4.35. The number of fused-ring (bicyclic) bond motifs is 1. The molecule has 162 valence electrons.